The Morgan fingerprint density at radius 3 is 2.56 bits per heavy atom. The van der Waals surface area contributed by atoms with Crippen LogP contribution in [0.1, 0.15) is 25.3 Å². The number of hydrogen-bond acceptors (Lipinski definition) is 6. The van der Waals surface area contributed by atoms with E-state index in [9.17, 15) is 15.0 Å². The molecule has 0 aliphatic carbocycles. The molecule has 1 aromatic carbocycles. The number of rotatable bonds is 2. The summed E-state index contributed by atoms with van der Waals surface area (Å²) in [6.45, 7) is 1.99. The number of fused-ring (bicyclic) bond motifs is 3. The van der Waals surface area contributed by atoms with E-state index in [1.165, 1.54) is 7.11 Å². The Balaban J connectivity index is 1.91. The maximum absolute atomic E-state index is 13.1. The number of benzene rings is 1. The highest BCUT2D eigenvalue weighted by molar-refractivity contribution is 5.94. The summed E-state index contributed by atoms with van der Waals surface area (Å²) in [4.78, 5) is 14.7. The van der Waals surface area contributed by atoms with Gasteiger partial charge in [0.1, 0.15) is 12.3 Å². The summed E-state index contributed by atoms with van der Waals surface area (Å²) < 4.78 is 5.37. The summed E-state index contributed by atoms with van der Waals surface area (Å²) in [5.41, 5.74) is 0.487. The van der Waals surface area contributed by atoms with Crippen LogP contribution in [0.5, 0.6) is 0 Å². The van der Waals surface area contributed by atoms with Crippen molar-refractivity contribution in [3.8, 4) is 0 Å². The number of carbonyl (C=O) groups excluding carboxylic acids is 1. The summed E-state index contributed by atoms with van der Waals surface area (Å²) in [6.07, 6.45) is 2.70. The number of aliphatic hydroxyl groups excluding tert-OH is 2. The van der Waals surface area contributed by atoms with Crippen molar-refractivity contribution in [1.29, 1.82) is 0 Å². The van der Waals surface area contributed by atoms with Gasteiger partial charge < -0.3 is 19.8 Å². The molecule has 3 aliphatic heterocycles. The van der Waals surface area contributed by atoms with Crippen molar-refractivity contribution in [3.05, 3.63) is 59.6 Å². The van der Waals surface area contributed by atoms with Crippen molar-refractivity contribution in [2.45, 2.75) is 43.7 Å². The average molecular weight is 371 g/mol. The van der Waals surface area contributed by atoms with Gasteiger partial charge in [0.25, 0.3) is 5.91 Å². The fourth-order valence-corrected chi connectivity index (χ4v) is 4.48. The molecular weight excluding hydrogens is 346 g/mol. The first-order valence-electron chi connectivity index (χ1n) is 9.15. The van der Waals surface area contributed by atoms with Crippen molar-refractivity contribution in [2.24, 2.45) is 0 Å². The number of hydrazine groups is 1. The lowest BCUT2D eigenvalue weighted by molar-refractivity contribution is -0.223. The van der Waals surface area contributed by atoms with Gasteiger partial charge in [0.15, 0.2) is 11.5 Å². The second kappa shape index (κ2) is 6.37. The molecule has 0 spiro atoms. The van der Waals surface area contributed by atoms with Crippen LogP contribution in [0, 0.1) is 0 Å². The van der Waals surface area contributed by atoms with Crippen molar-refractivity contribution < 1.29 is 19.7 Å². The predicted octanol–water partition coefficient (Wildman–Crippen LogP) is 1.12. The minimum absolute atomic E-state index is 0.205. The monoisotopic (exact) mass is 371 g/mol. The van der Waals surface area contributed by atoms with Crippen LogP contribution < -0.4 is 0 Å². The molecule has 4 atom stereocenters. The lowest BCUT2D eigenvalue weighted by Gasteiger charge is -2.60. The highest BCUT2D eigenvalue weighted by Crippen LogP contribution is 2.46. The van der Waals surface area contributed by atoms with E-state index in [1.807, 2.05) is 42.3 Å². The third-order valence-electron chi connectivity index (χ3n) is 6.03. The van der Waals surface area contributed by atoms with Gasteiger partial charge in [-0.15, -0.1) is 0 Å². The summed E-state index contributed by atoms with van der Waals surface area (Å²) in [5, 5.41) is 25.1. The van der Waals surface area contributed by atoms with E-state index in [2.05, 4.69) is 0 Å². The van der Waals surface area contributed by atoms with Crippen LogP contribution in [0.4, 0.5) is 0 Å². The number of carbonyl (C=O) groups is 1. The molecule has 0 aromatic heterocycles. The van der Waals surface area contributed by atoms with E-state index in [-0.39, 0.29) is 23.5 Å². The summed E-state index contributed by atoms with van der Waals surface area (Å²) >= 11 is 0. The SMILES string of the molecule is COC1=C2C(=O)N(C)C3CC[C@@H](O)[C@@](C)(c4ccccc4)N3N2C=CC1O. The van der Waals surface area contributed by atoms with Crippen LogP contribution in [0.2, 0.25) is 0 Å². The molecule has 2 fully saturated rings. The average Bonchev–Trinajstić information content (AvgIpc) is 2.69. The topological polar surface area (TPSA) is 76.5 Å². The number of ether oxygens (including phenoxy) is 1. The molecule has 2 saturated heterocycles. The van der Waals surface area contributed by atoms with E-state index in [1.54, 1.807) is 29.2 Å². The number of aliphatic hydroxyl groups is 2. The fourth-order valence-electron chi connectivity index (χ4n) is 4.48. The molecular formula is C20H25N3O4. The van der Waals surface area contributed by atoms with E-state index >= 15 is 0 Å². The molecule has 7 nitrogen and oxygen atoms in total. The fraction of sp³-hybridized carbons (Fsp3) is 0.450. The summed E-state index contributed by atoms with van der Waals surface area (Å²) in [5.74, 6) is 0.00609. The van der Waals surface area contributed by atoms with Gasteiger partial charge in [-0.3, -0.25) is 9.80 Å². The smallest absolute Gasteiger partial charge is 0.276 e. The van der Waals surface area contributed by atoms with Gasteiger partial charge in [0, 0.05) is 13.2 Å². The zero-order valence-electron chi connectivity index (χ0n) is 15.7. The summed E-state index contributed by atoms with van der Waals surface area (Å²) in [7, 11) is 3.20. The molecule has 0 saturated carbocycles. The lowest BCUT2D eigenvalue weighted by Crippen LogP contribution is -2.72. The number of likely N-dealkylation sites (N-methyl/N-ethyl adjacent to an activating group) is 1. The van der Waals surface area contributed by atoms with Crippen molar-refractivity contribution in [3.63, 3.8) is 0 Å². The molecule has 7 heteroatoms. The second-order valence-electron chi connectivity index (χ2n) is 7.40. The van der Waals surface area contributed by atoms with E-state index in [4.69, 9.17) is 4.74 Å². The van der Waals surface area contributed by atoms with Crippen LogP contribution in [-0.2, 0) is 15.1 Å². The first-order valence-corrected chi connectivity index (χ1v) is 9.15. The molecule has 27 heavy (non-hydrogen) atoms. The maximum atomic E-state index is 13.1. The minimum Gasteiger partial charge on any atom is -0.496 e. The van der Waals surface area contributed by atoms with Gasteiger partial charge in [0.05, 0.1) is 18.8 Å². The number of nitrogens with zero attached hydrogens (tertiary/aromatic N) is 3. The van der Waals surface area contributed by atoms with Crippen molar-refractivity contribution >= 4 is 5.91 Å². The Kier molecular flexibility index (Phi) is 4.25. The molecule has 2 N–H and O–H groups in total. The van der Waals surface area contributed by atoms with Crippen molar-refractivity contribution in [2.75, 3.05) is 14.2 Å². The Bertz CT molecular complexity index is 809. The minimum atomic E-state index is -0.979. The standard InChI is InChI=1S/C20H25N3O4/c1-20(13-7-5-4-6-8-13)15(25)9-10-16-21(2)19(26)17-18(27-3)14(24)11-12-22(17)23(16)20/h4-8,11-12,14-16,24-25H,9-10H2,1-3H3/t14?,15-,16?,20-/m1/s1. The molecule has 3 aliphatic rings. The highest BCUT2D eigenvalue weighted by atomic mass is 16.5. The van der Waals surface area contributed by atoms with Crippen LogP contribution in [0.3, 0.4) is 0 Å². The Morgan fingerprint density at radius 2 is 1.89 bits per heavy atom. The normalized spacial score (nSPS) is 33.8. The van der Waals surface area contributed by atoms with E-state index < -0.39 is 17.7 Å². The van der Waals surface area contributed by atoms with Gasteiger partial charge in [0.2, 0.25) is 0 Å². The van der Waals surface area contributed by atoms with Gasteiger partial charge >= 0.3 is 0 Å². The first kappa shape index (κ1) is 18.0. The first-order chi connectivity index (χ1) is 12.9. The number of piperidine rings is 1. The molecule has 0 bridgehead atoms. The molecule has 2 unspecified atom stereocenters. The third-order valence-corrected chi connectivity index (χ3v) is 6.03. The zero-order chi connectivity index (χ0) is 19.3. The summed E-state index contributed by atoms with van der Waals surface area (Å²) in [6, 6.07) is 9.82. The molecule has 3 heterocycles. The molecule has 0 radical (unpaired) electrons. The molecule has 1 amide bonds. The predicted molar refractivity (Wildman–Crippen MR) is 98.5 cm³/mol. The molecule has 1 aromatic rings. The Hall–Kier alpha value is -2.35. The molecule has 4 rings (SSSR count). The van der Waals surface area contributed by atoms with E-state index in [0.29, 0.717) is 12.8 Å². The number of methoxy groups -OCH3 is 1. The molecule has 144 valence electrons. The number of amides is 1. The Morgan fingerprint density at radius 1 is 1.19 bits per heavy atom. The maximum Gasteiger partial charge on any atom is 0.276 e. The van der Waals surface area contributed by atoms with Crippen LogP contribution in [0.25, 0.3) is 0 Å². The van der Waals surface area contributed by atoms with E-state index in [0.717, 1.165) is 5.56 Å². The lowest BCUT2D eigenvalue weighted by atomic mass is 9.79. The van der Waals surface area contributed by atoms with Crippen LogP contribution in [0.15, 0.2) is 54.1 Å². The second-order valence-corrected chi connectivity index (χ2v) is 7.40. The quantitative estimate of drug-likeness (QED) is 0.811. The van der Waals surface area contributed by atoms with Gasteiger partial charge in [-0.1, -0.05) is 30.3 Å². The highest BCUT2D eigenvalue weighted by Gasteiger charge is 2.56. The van der Waals surface area contributed by atoms with Crippen molar-refractivity contribution in [1.82, 2.24) is 14.9 Å². The van der Waals surface area contributed by atoms with Crippen LogP contribution in [-0.4, -0.2) is 63.6 Å². The Labute approximate surface area is 158 Å². The third kappa shape index (κ3) is 2.42. The largest absolute Gasteiger partial charge is 0.496 e. The zero-order valence-corrected chi connectivity index (χ0v) is 15.7. The number of hydrogen-bond donors (Lipinski definition) is 2. The van der Waals surface area contributed by atoms with Crippen LogP contribution >= 0.6 is 0 Å². The van der Waals surface area contributed by atoms with Gasteiger partial charge in [-0.05, 0) is 31.4 Å². The van der Waals surface area contributed by atoms with Gasteiger partial charge in [-0.2, -0.15) is 5.01 Å². The van der Waals surface area contributed by atoms with Gasteiger partial charge in [-0.25, -0.2) is 0 Å².